The van der Waals surface area contributed by atoms with Crippen LogP contribution >= 0.6 is 0 Å². The van der Waals surface area contributed by atoms with Gasteiger partial charge in [-0.25, -0.2) is 0 Å². The normalized spacial score (nSPS) is 12.1. The summed E-state index contributed by atoms with van der Waals surface area (Å²) < 4.78 is 6.38. The number of benzene rings is 4. The van der Waals surface area contributed by atoms with Gasteiger partial charge in [0.25, 0.3) is 0 Å². The van der Waals surface area contributed by atoms with Gasteiger partial charge >= 0.3 is 0 Å². The second-order valence-electron chi connectivity index (χ2n) is 15.1. The molecule has 0 saturated heterocycles. The molecular weight excluding hydrogens is 817 g/mol. The summed E-state index contributed by atoms with van der Waals surface area (Å²) >= 11 is 0. The van der Waals surface area contributed by atoms with Gasteiger partial charge in [-0.15, -0.1) is 48.0 Å². The van der Waals surface area contributed by atoms with Gasteiger partial charge in [-0.05, 0) is 58.3 Å². The number of rotatable bonds is 8. The summed E-state index contributed by atoms with van der Waals surface area (Å²) in [4.78, 5) is 9.37. The van der Waals surface area contributed by atoms with Crippen molar-refractivity contribution in [3.63, 3.8) is 0 Å². The summed E-state index contributed by atoms with van der Waals surface area (Å²) in [5.41, 5.74) is 10.7. The van der Waals surface area contributed by atoms with Gasteiger partial charge in [0, 0.05) is 37.9 Å². The van der Waals surface area contributed by atoms with E-state index in [0.717, 1.165) is 62.0 Å². The van der Waals surface area contributed by atoms with Crippen LogP contribution in [0.4, 0.5) is 0 Å². The fraction of sp³-hybridized carbons (Fsp3) is 0.261. The molecule has 3 heterocycles. The van der Waals surface area contributed by atoms with E-state index in [1.54, 1.807) is 0 Å². The Morgan fingerprint density at radius 1 is 0.765 bits per heavy atom. The molecule has 1 atom stereocenters. The van der Waals surface area contributed by atoms with Crippen molar-refractivity contribution in [1.82, 2.24) is 9.97 Å². The average molecular weight is 865 g/mol. The van der Waals surface area contributed by atoms with Gasteiger partial charge in [-0.1, -0.05) is 143 Å². The van der Waals surface area contributed by atoms with E-state index in [9.17, 15) is 0 Å². The fourth-order valence-electron chi connectivity index (χ4n) is 6.54. The topological polar surface area (TPSA) is 38.9 Å². The molecule has 0 fully saturated rings. The van der Waals surface area contributed by atoms with Gasteiger partial charge in [0.1, 0.15) is 5.58 Å². The zero-order valence-electron chi connectivity index (χ0n) is 31.0. The van der Waals surface area contributed by atoms with E-state index in [1.165, 1.54) is 16.3 Å². The Morgan fingerprint density at radius 2 is 1.49 bits per heavy atom. The minimum atomic E-state index is -1.34. The van der Waals surface area contributed by atoms with Gasteiger partial charge < -0.3 is 14.4 Å². The molecule has 0 amide bonds. The Morgan fingerprint density at radius 3 is 2.18 bits per heavy atom. The van der Waals surface area contributed by atoms with E-state index < -0.39 is 8.07 Å². The van der Waals surface area contributed by atoms with Crippen LogP contribution in [0.2, 0.25) is 19.6 Å². The van der Waals surface area contributed by atoms with Crippen LogP contribution in [0.15, 0.2) is 120 Å². The number of pyridine rings is 2. The third-order valence-electron chi connectivity index (χ3n) is 9.51. The van der Waals surface area contributed by atoms with Gasteiger partial charge in [0.2, 0.25) is 0 Å². The molecule has 5 heteroatoms. The molecule has 0 aliphatic carbocycles. The van der Waals surface area contributed by atoms with Crippen LogP contribution in [-0.4, -0.2) is 18.0 Å². The molecule has 0 bridgehead atoms. The zero-order valence-corrected chi connectivity index (χ0v) is 34.4. The number of furan rings is 1. The molecule has 7 aromatic rings. The number of fused-ring (bicyclic) bond motifs is 3. The maximum atomic E-state index is 6.38. The number of nitrogens with zero attached hydrogens (tertiary/aromatic N) is 2. The van der Waals surface area contributed by atoms with Crippen molar-refractivity contribution in [3.8, 4) is 33.6 Å². The summed E-state index contributed by atoms with van der Waals surface area (Å²) in [7, 11) is -1.34. The summed E-state index contributed by atoms with van der Waals surface area (Å²) in [5.74, 6) is 1.69. The standard InChI is InChI=1S/C28H24NO.C18H24NSi.Ir/c1-18(2)19(3)21-15-16-29-25(17-21)23-14-13-22(20-9-5-4-6-10-20)27-24-11-7-8-12-26(24)30-28(23)27;1-14(2)11-16-12-17(15-9-7-6-8-10-15)19-13-18(16)20(3,4)5;/h4-13,15-19H,1-3H3;6-9,12-14H,11H2,1-5H3;/q2*-1;. The van der Waals surface area contributed by atoms with Crippen LogP contribution in [0, 0.1) is 24.0 Å². The quantitative estimate of drug-likeness (QED) is 0.113. The number of hydrogen-bond donors (Lipinski definition) is 0. The van der Waals surface area contributed by atoms with Crippen molar-refractivity contribution in [2.24, 2.45) is 11.8 Å². The maximum absolute atomic E-state index is 6.38. The Bertz CT molecular complexity index is 2200. The molecule has 1 unspecified atom stereocenters. The maximum Gasteiger partial charge on any atom is 0.120 e. The van der Waals surface area contributed by atoms with E-state index in [-0.39, 0.29) is 20.1 Å². The molecule has 3 nitrogen and oxygen atoms in total. The largest absolute Gasteiger partial charge is 0.501 e. The second kappa shape index (κ2) is 16.5. The van der Waals surface area contributed by atoms with Crippen molar-refractivity contribution >= 4 is 35.2 Å². The molecule has 0 saturated carbocycles. The van der Waals surface area contributed by atoms with E-state index >= 15 is 0 Å². The van der Waals surface area contributed by atoms with Crippen molar-refractivity contribution in [2.45, 2.75) is 66.6 Å². The molecule has 0 aliphatic heterocycles. The van der Waals surface area contributed by atoms with Crippen LogP contribution in [0.1, 0.15) is 51.7 Å². The van der Waals surface area contributed by atoms with Gasteiger partial charge in [-0.3, -0.25) is 0 Å². The first-order chi connectivity index (χ1) is 24.0. The molecule has 263 valence electrons. The first-order valence-corrected chi connectivity index (χ1v) is 21.4. The van der Waals surface area contributed by atoms with E-state index in [4.69, 9.17) is 4.42 Å². The van der Waals surface area contributed by atoms with Crippen LogP contribution in [-0.2, 0) is 26.5 Å². The molecule has 4 aromatic carbocycles. The van der Waals surface area contributed by atoms with E-state index in [2.05, 4.69) is 149 Å². The molecule has 1 radical (unpaired) electrons. The first-order valence-electron chi connectivity index (χ1n) is 17.9. The number of para-hydroxylation sites is 1. The minimum Gasteiger partial charge on any atom is -0.501 e. The third-order valence-corrected chi connectivity index (χ3v) is 11.6. The smallest absolute Gasteiger partial charge is 0.120 e. The first kappa shape index (κ1) is 38.1. The molecule has 3 aromatic heterocycles. The van der Waals surface area contributed by atoms with E-state index in [1.807, 2.05) is 42.6 Å². The zero-order chi connectivity index (χ0) is 35.4. The summed E-state index contributed by atoms with van der Waals surface area (Å²) in [6.45, 7) is 18.5. The van der Waals surface area contributed by atoms with Gasteiger partial charge in [0.05, 0.1) is 13.7 Å². The van der Waals surface area contributed by atoms with Crippen molar-refractivity contribution in [3.05, 3.63) is 139 Å². The second-order valence-corrected chi connectivity index (χ2v) is 20.1. The Balaban J connectivity index is 0.000000211. The average Bonchev–Trinajstić information content (AvgIpc) is 3.51. The Kier molecular flexibility index (Phi) is 12.3. The van der Waals surface area contributed by atoms with Crippen molar-refractivity contribution < 1.29 is 24.5 Å². The van der Waals surface area contributed by atoms with Crippen molar-refractivity contribution in [1.29, 1.82) is 0 Å². The van der Waals surface area contributed by atoms with Crippen LogP contribution in [0.3, 0.4) is 0 Å². The van der Waals surface area contributed by atoms with Gasteiger partial charge in [-0.2, -0.15) is 0 Å². The monoisotopic (exact) mass is 865 g/mol. The fourth-order valence-corrected chi connectivity index (χ4v) is 8.13. The van der Waals surface area contributed by atoms with Crippen LogP contribution in [0.25, 0.3) is 55.6 Å². The SMILES string of the molecule is CC(C)C(C)c1ccnc(-c2[c-]cc(-c3ccccc3)c3c2oc2ccccc23)c1.CC(C)Cc1cc(-c2[c-]cccc2)ncc1[Si](C)(C)C.[Ir]. The third kappa shape index (κ3) is 8.67. The Labute approximate surface area is 319 Å². The molecule has 51 heavy (non-hydrogen) atoms. The molecule has 0 N–H and O–H groups in total. The van der Waals surface area contributed by atoms with Crippen LogP contribution < -0.4 is 5.19 Å². The summed E-state index contributed by atoms with van der Waals surface area (Å²) in [6, 6.07) is 42.2. The Hall–Kier alpha value is -4.15. The number of hydrogen-bond acceptors (Lipinski definition) is 3. The van der Waals surface area contributed by atoms with Crippen LogP contribution in [0.5, 0.6) is 0 Å². The predicted octanol–water partition coefficient (Wildman–Crippen LogP) is 12.2. The van der Waals surface area contributed by atoms with Crippen molar-refractivity contribution in [2.75, 3.05) is 0 Å². The predicted molar refractivity (Wildman–Crippen MR) is 215 cm³/mol. The molecule has 0 spiro atoms. The molecule has 7 rings (SSSR count). The van der Waals surface area contributed by atoms with E-state index in [0.29, 0.717) is 17.8 Å². The van der Waals surface area contributed by atoms with Gasteiger partial charge in [0.15, 0.2) is 0 Å². The summed E-state index contributed by atoms with van der Waals surface area (Å²) in [6.07, 6.45) is 5.14. The summed E-state index contributed by atoms with van der Waals surface area (Å²) in [5, 5.41) is 3.73. The molecule has 0 aliphatic rings. The minimum absolute atomic E-state index is 0. The molecular formula is C46H48IrN2OSi-2. The number of aromatic nitrogens is 2.